The molecule has 1 saturated carbocycles. The van der Waals surface area contributed by atoms with Gasteiger partial charge in [-0.15, -0.1) is 0 Å². The van der Waals surface area contributed by atoms with Gasteiger partial charge in [-0.25, -0.2) is 0 Å². The predicted octanol–water partition coefficient (Wildman–Crippen LogP) is 5.15. The number of amides is 1. The lowest BCUT2D eigenvalue weighted by molar-refractivity contribution is -0.127. The van der Waals surface area contributed by atoms with Crippen LogP contribution in [0.1, 0.15) is 42.7 Å². The number of hydrogen-bond donors (Lipinski definition) is 2. The van der Waals surface area contributed by atoms with Gasteiger partial charge < -0.3 is 10.3 Å². The van der Waals surface area contributed by atoms with Gasteiger partial charge >= 0.3 is 0 Å². The molecule has 1 unspecified atom stereocenters. The molecule has 2 aromatic carbocycles. The topological polar surface area (TPSA) is 68.7 Å². The number of rotatable bonds is 5. The van der Waals surface area contributed by atoms with E-state index in [1.165, 1.54) is 0 Å². The molecule has 5 heteroatoms. The quantitative estimate of drug-likeness (QED) is 0.631. The molecule has 3 aromatic rings. The van der Waals surface area contributed by atoms with E-state index in [1.807, 2.05) is 48.7 Å². The second-order valence-corrected chi connectivity index (χ2v) is 7.88. The fourth-order valence-corrected chi connectivity index (χ4v) is 4.53. The van der Waals surface area contributed by atoms with Crippen LogP contribution in [0.4, 0.5) is 0 Å². The van der Waals surface area contributed by atoms with Crippen LogP contribution in [-0.2, 0) is 4.79 Å². The van der Waals surface area contributed by atoms with E-state index in [4.69, 9.17) is 11.6 Å². The van der Waals surface area contributed by atoms with E-state index in [1.54, 1.807) is 0 Å². The summed E-state index contributed by atoms with van der Waals surface area (Å²) in [5.74, 6) is -0.268. The number of carbonyl (C=O) groups is 1. The van der Waals surface area contributed by atoms with Crippen LogP contribution in [-0.4, -0.2) is 17.4 Å². The summed E-state index contributed by atoms with van der Waals surface area (Å²) < 4.78 is 0. The molecule has 0 aliphatic heterocycles. The van der Waals surface area contributed by atoms with E-state index in [2.05, 4.69) is 22.4 Å². The Morgan fingerprint density at radius 3 is 2.61 bits per heavy atom. The number of nitrogens with one attached hydrogen (secondary N) is 2. The van der Waals surface area contributed by atoms with Crippen molar-refractivity contribution in [1.29, 1.82) is 5.26 Å². The van der Waals surface area contributed by atoms with Crippen LogP contribution in [0, 0.1) is 16.7 Å². The average Bonchev–Trinajstić information content (AvgIpc) is 3.37. The third kappa shape index (κ3) is 3.27. The Labute approximate surface area is 169 Å². The van der Waals surface area contributed by atoms with Crippen molar-refractivity contribution in [2.45, 2.75) is 31.6 Å². The lowest BCUT2D eigenvalue weighted by Crippen LogP contribution is -2.40. The lowest BCUT2D eigenvalue weighted by atomic mass is 9.86. The van der Waals surface area contributed by atoms with Crippen molar-refractivity contribution >= 4 is 28.4 Å². The summed E-state index contributed by atoms with van der Waals surface area (Å²) in [7, 11) is 0. The molecule has 1 aliphatic rings. The largest absolute Gasteiger partial charge is 0.361 e. The van der Waals surface area contributed by atoms with Crippen LogP contribution in [0.25, 0.3) is 10.9 Å². The van der Waals surface area contributed by atoms with Crippen LogP contribution >= 0.6 is 11.6 Å². The molecule has 2 N–H and O–H groups in total. The fourth-order valence-electron chi connectivity index (χ4n) is 4.26. The molecule has 1 atom stereocenters. The zero-order valence-electron chi connectivity index (χ0n) is 15.5. The first kappa shape index (κ1) is 18.6. The Hall–Kier alpha value is -2.77. The highest BCUT2D eigenvalue weighted by Crippen LogP contribution is 2.38. The number of benzene rings is 2. The minimum Gasteiger partial charge on any atom is -0.361 e. The number of aromatic amines is 1. The molecular formula is C23H22ClN3O. The lowest BCUT2D eigenvalue weighted by Gasteiger charge is -2.23. The van der Waals surface area contributed by atoms with Gasteiger partial charge in [0.2, 0.25) is 5.91 Å². The molecule has 1 fully saturated rings. The molecule has 1 heterocycles. The summed E-state index contributed by atoms with van der Waals surface area (Å²) in [6.45, 7) is 0.397. The molecule has 4 nitrogen and oxygen atoms in total. The van der Waals surface area contributed by atoms with Gasteiger partial charge in [0.1, 0.15) is 5.41 Å². The maximum absolute atomic E-state index is 12.9. The Bertz CT molecular complexity index is 1040. The number of fused-ring (bicyclic) bond motifs is 1. The molecule has 1 amide bonds. The molecule has 0 saturated heterocycles. The number of H-pyrrole nitrogens is 1. The van der Waals surface area contributed by atoms with Gasteiger partial charge in [0.25, 0.3) is 0 Å². The van der Waals surface area contributed by atoms with Gasteiger partial charge in [0.15, 0.2) is 0 Å². The van der Waals surface area contributed by atoms with Crippen molar-refractivity contribution in [3.63, 3.8) is 0 Å². The fraction of sp³-hybridized carbons (Fsp3) is 0.304. The number of nitrogens with zero attached hydrogens (tertiary/aromatic N) is 1. The van der Waals surface area contributed by atoms with Crippen molar-refractivity contribution in [2.24, 2.45) is 5.41 Å². The Kier molecular flexibility index (Phi) is 5.11. The number of hydrogen-bond acceptors (Lipinski definition) is 2. The Morgan fingerprint density at radius 2 is 1.86 bits per heavy atom. The van der Waals surface area contributed by atoms with Crippen molar-refractivity contribution in [3.05, 3.63) is 70.9 Å². The number of carbonyl (C=O) groups excluding carboxylic acids is 1. The molecule has 1 aromatic heterocycles. The normalized spacial score (nSPS) is 16.6. The standard InChI is InChI=1S/C23H22ClN3O/c24-20-9-3-1-7-16(20)18(19-13-26-21-10-4-2-8-17(19)21)14-27-22(28)23(15-25)11-5-6-12-23/h1-4,7-10,13,18,26H,5-6,11-12,14H2,(H,27,28). The second-order valence-electron chi connectivity index (χ2n) is 7.47. The SMILES string of the molecule is N#CC1(C(=O)NCC(c2ccccc2Cl)c2c[nH]c3ccccc23)CCCC1. The van der Waals surface area contributed by atoms with E-state index < -0.39 is 5.41 Å². The zero-order chi connectivity index (χ0) is 19.6. The van der Waals surface area contributed by atoms with Crippen molar-refractivity contribution < 1.29 is 4.79 Å². The van der Waals surface area contributed by atoms with Crippen LogP contribution in [0.5, 0.6) is 0 Å². The number of nitriles is 1. The summed E-state index contributed by atoms with van der Waals surface area (Å²) in [6.07, 6.45) is 5.12. The van der Waals surface area contributed by atoms with Gasteiger partial charge in [0.05, 0.1) is 6.07 Å². The highest BCUT2D eigenvalue weighted by molar-refractivity contribution is 6.31. The first-order valence-electron chi connectivity index (χ1n) is 9.65. The minimum absolute atomic E-state index is 0.106. The Balaban J connectivity index is 1.68. The van der Waals surface area contributed by atoms with E-state index in [0.29, 0.717) is 24.4 Å². The second kappa shape index (κ2) is 7.69. The number of aromatic nitrogens is 1. The van der Waals surface area contributed by atoms with Crippen molar-refractivity contribution in [3.8, 4) is 6.07 Å². The van der Waals surface area contributed by atoms with E-state index in [0.717, 1.165) is 34.9 Å². The van der Waals surface area contributed by atoms with Crippen LogP contribution < -0.4 is 5.32 Å². The molecule has 1 aliphatic carbocycles. The maximum Gasteiger partial charge on any atom is 0.240 e. The molecule has 0 spiro atoms. The van der Waals surface area contributed by atoms with Gasteiger partial charge in [-0.2, -0.15) is 5.26 Å². The van der Waals surface area contributed by atoms with Crippen molar-refractivity contribution in [2.75, 3.05) is 6.54 Å². The summed E-state index contributed by atoms with van der Waals surface area (Å²) in [6, 6.07) is 18.1. The first-order valence-corrected chi connectivity index (χ1v) is 10.0. The van der Waals surface area contributed by atoms with Gasteiger partial charge in [-0.3, -0.25) is 4.79 Å². The number of halogens is 1. The summed E-state index contributed by atoms with van der Waals surface area (Å²) in [5.41, 5.74) is 2.21. The van der Waals surface area contributed by atoms with Crippen LogP contribution in [0.2, 0.25) is 5.02 Å². The Morgan fingerprint density at radius 1 is 1.14 bits per heavy atom. The summed E-state index contributed by atoms with van der Waals surface area (Å²) in [5, 5.41) is 14.4. The summed E-state index contributed by atoms with van der Waals surface area (Å²) >= 11 is 6.51. The molecule has 28 heavy (non-hydrogen) atoms. The highest BCUT2D eigenvalue weighted by Gasteiger charge is 2.41. The van der Waals surface area contributed by atoms with Crippen LogP contribution in [0.3, 0.4) is 0 Å². The van der Waals surface area contributed by atoms with Gasteiger partial charge in [-0.1, -0.05) is 60.8 Å². The zero-order valence-corrected chi connectivity index (χ0v) is 16.3. The highest BCUT2D eigenvalue weighted by atomic mass is 35.5. The number of para-hydroxylation sites is 1. The van der Waals surface area contributed by atoms with Gasteiger partial charge in [-0.05, 0) is 36.1 Å². The van der Waals surface area contributed by atoms with Crippen molar-refractivity contribution in [1.82, 2.24) is 10.3 Å². The molecular weight excluding hydrogens is 370 g/mol. The third-order valence-electron chi connectivity index (χ3n) is 5.85. The predicted molar refractivity (Wildman–Crippen MR) is 111 cm³/mol. The van der Waals surface area contributed by atoms with E-state index in [-0.39, 0.29) is 11.8 Å². The van der Waals surface area contributed by atoms with Crippen LogP contribution in [0.15, 0.2) is 54.7 Å². The monoisotopic (exact) mass is 391 g/mol. The first-order chi connectivity index (χ1) is 13.6. The van der Waals surface area contributed by atoms with Gasteiger partial charge in [0, 0.05) is 34.6 Å². The molecule has 0 radical (unpaired) electrons. The third-order valence-corrected chi connectivity index (χ3v) is 6.19. The minimum atomic E-state index is -0.884. The summed E-state index contributed by atoms with van der Waals surface area (Å²) in [4.78, 5) is 16.2. The maximum atomic E-state index is 12.9. The molecule has 4 rings (SSSR count). The molecule has 0 bridgehead atoms. The van der Waals surface area contributed by atoms with E-state index >= 15 is 0 Å². The van der Waals surface area contributed by atoms with E-state index in [9.17, 15) is 10.1 Å². The smallest absolute Gasteiger partial charge is 0.240 e. The molecule has 142 valence electrons. The average molecular weight is 392 g/mol.